The van der Waals surface area contributed by atoms with Crippen LogP contribution in [0, 0.1) is 0 Å². The van der Waals surface area contributed by atoms with Crippen LogP contribution in [-0.2, 0) is 11.3 Å². The molecule has 2 aromatic carbocycles. The number of benzene rings is 2. The molecule has 1 N–H and O–H groups in total. The van der Waals surface area contributed by atoms with Gasteiger partial charge in [0.05, 0.1) is 12.2 Å². The highest BCUT2D eigenvalue weighted by Crippen LogP contribution is 2.38. The van der Waals surface area contributed by atoms with Gasteiger partial charge in [0.1, 0.15) is 19.0 Å². The number of carbonyl (C=O) groups is 1. The molecule has 0 aromatic heterocycles. The van der Waals surface area contributed by atoms with Crippen molar-refractivity contribution in [3.05, 3.63) is 48.0 Å². The topological polar surface area (TPSA) is 60.0 Å². The molecule has 6 heteroatoms. The van der Waals surface area contributed by atoms with Gasteiger partial charge < -0.3 is 24.4 Å². The molecule has 6 nitrogen and oxygen atoms in total. The summed E-state index contributed by atoms with van der Waals surface area (Å²) in [6.07, 6.45) is 1.26. The number of para-hydroxylation sites is 3. The van der Waals surface area contributed by atoms with Gasteiger partial charge in [-0.25, -0.2) is 0 Å². The average molecular weight is 396 g/mol. The summed E-state index contributed by atoms with van der Waals surface area (Å²) in [4.78, 5) is 15.0. The van der Waals surface area contributed by atoms with Crippen LogP contribution >= 0.6 is 0 Å². The third kappa shape index (κ3) is 4.11. The quantitative estimate of drug-likeness (QED) is 0.809. The molecule has 0 saturated carbocycles. The van der Waals surface area contributed by atoms with Crippen LogP contribution in [0.1, 0.15) is 32.3 Å². The number of ether oxygens (including phenoxy) is 3. The van der Waals surface area contributed by atoms with Crippen LogP contribution in [0.3, 0.4) is 0 Å². The maximum Gasteiger partial charge on any atom is 0.263 e. The van der Waals surface area contributed by atoms with Crippen LogP contribution < -0.4 is 24.4 Å². The highest BCUT2D eigenvalue weighted by molar-refractivity contribution is 5.83. The summed E-state index contributed by atoms with van der Waals surface area (Å²) in [5.41, 5.74) is 2.02. The van der Waals surface area contributed by atoms with Gasteiger partial charge >= 0.3 is 0 Å². The summed E-state index contributed by atoms with van der Waals surface area (Å²) >= 11 is 0. The second-order valence-electron chi connectivity index (χ2n) is 7.42. The zero-order valence-corrected chi connectivity index (χ0v) is 17.0. The summed E-state index contributed by atoms with van der Waals surface area (Å²) in [6, 6.07) is 14.0. The lowest BCUT2D eigenvalue weighted by atomic mass is 10.1. The van der Waals surface area contributed by atoms with E-state index >= 15 is 0 Å². The highest BCUT2D eigenvalue weighted by atomic mass is 16.6. The van der Waals surface area contributed by atoms with Gasteiger partial charge in [-0.3, -0.25) is 4.79 Å². The van der Waals surface area contributed by atoms with Gasteiger partial charge in [-0.05, 0) is 31.0 Å². The van der Waals surface area contributed by atoms with Crippen LogP contribution in [0.2, 0.25) is 0 Å². The standard InChI is InChI=1S/C23H28N2O4/c1-3-17(4-2)24-23(26)21-15-25(18-9-5-6-10-19(18)29-21)14-16-8-7-11-20-22(16)28-13-12-27-20/h5-11,17,21H,3-4,12-15H2,1-2H3,(H,24,26). The molecule has 1 atom stereocenters. The van der Waals surface area contributed by atoms with E-state index in [1.165, 1.54) is 0 Å². The third-order valence-corrected chi connectivity index (χ3v) is 5.49. The Morgan fingerprint density at radius 3 is 2.66 bits per heavy atom. The van der Waals surface area contributed by atoms with Gasteiger partial charge in [0.15, 0.2) is 17.6 Å². The number of carbonyl (C=O) groups excluding carboxylic acids is 1. The van der Waals surface area contributed by atoms with E-state index in [-0.39, 0.29) is 11.9 Å². The van der Waals surface area contributed by atoms with Crippen molar-refractivity contribution < 1.29 is 19.0 Å². The van der Waals surface area contributed by atoms with Crippen LogP contribution in [0.15, 0.2) is 42.5 Å². The normalized spacial score (nSPS) is 17.5. The molecule has 2 aliphatic heterocycles. The van der Waals surface area contributed by atoms with Gasteiger partial charge in [-0.15, -0.1) is 0 Å². The number of anilines is 1. The molecule has 0 saturated heterocycles. The average Bonchev–Trinajstić information content (AvgIpc) is 2.77. The number of nitrogens with one attached hydrogen (secondary N) is 1. The fourth-order valence-corrected chi connectivity index (χ4v) is 3.84. The first-order chi connectivity index (χ1) is 14.2. The molecule has 0 radical (unpaired) electrons. The molecule has 2 aromatic rings. The van der Waals surface area contributed by atoms with Crippen LogP contribution in [-0.4, -0.2) is 37.8 Å². The maximum atomic E-state index is 12.9. The van der Waals surface area contributed by atoms with Crippen LogP contribution in [0.25, 0.3) is 0 Å². The van der Waals surface area contributed by atoms with Crippen LogP contribution in [0.5, 0.6) is 17.2 Å². The minimum absolute atomic E-state index is 0.0622. The smallest absolute Gasteiger partial charge is 0.263 e. The van der Waals surface area contributed by atoms with Gasteiger partial charge in [-0.1, -0.05) is 38.1 Å². The Balaban J connectivity index is 1.58. The van der Waals surface area contributed by atoms with E-state index in [2.05, 4.69) is 24.1 Å². The van der Waals surface area contributed by atoms with E-state index in [1.54, 1.807) is 0 Å². The van der Waals surface area contributed by atoms with Gasteiger partial charge in [0.2, 0.25) is 0 Å². The molecular weight excluding hydrogens is 368 g/mol. The van der Waals surface area contributed by atoms with E-state index in [0.29, 0.717) is 26.3 Å². The molecule has 4 rings (SSSR count). The molecule has 1 unspecified atom stereocenters. The number of hydrogen-bond donors (Lipinski definition) is 1. The number of hydrogen-bond acceptors (Lipinski definition) is 5. The molecule has 0 spiro atoms. The molecule has 0 aliphatic carbocycles. The Labute approximate surface area is 171 Å². The van der Waals surface area contributed by atoms with E-state index in [9.17, 15) is 4.79 Å². The Morgan fingerprint density at radius 2 is 1.83 bits per heavy atom. The molecule has 1 amide bonds. The lowest BCUT2D eigenvalue weighted by Crippen LogP contribution is -2.51. The molecule has 29 heavy (non-hydrogen) atoms. The van der Waals surface area contributed by atoms with Gasteiger partial charge in [0.25, 0.3) is 5.91 Å². The molecular formula is C23H28N2O4. The predicted molar refractivity (Wildman–Crippen MR) is 112 cm³/mol. The van der Waals surface area contributed by atoms with E-state index < -0.39 is 6.10 Å². The van der Waals surface area contributed by atoms with E-state index in [0.717, 1.165) is 41.3 Å². The predicted octanol–water partition coefficient (Wildman–Crippen LogP) is 3.53. The number of nitrogens with zero attached hydrogens (tertiary/aromatic N) is 1. The Morgan fingerprint density at radius 1 is 1.07 bits per heavy atom. The maximum absolute atomic E-state index is 12.9. The minimum atomic E-state index is -0.554. The largest absolute Gasteiger partial charge is 0.486 e. The first-order valence-electron chi connectivity index (χ1n) is 10.4. The second kappa shape index (κ2) is 8.64. The highest BCUT2D eigenvalue weighted by Gasteiger charge is 2.32. The zero-order chi connectivity index (χ0) is 20.2. The first kappa shape index (κ1) is 19.4. The van der Waals surface area contributed by atoms with Crippen molar-refractivity contribution in [2.24, 2.45) is 0 Å². The second-order valence-corrected chi connectivity index (χ2v) is 7.42. The number of fused-ring (bicyclic) bond motifs is 2. The summed E-state index contributed by atoms with van der Waals surface area (Å²) < 4.78 is 17.7. The fraction of sp³-hybridized carbons (Fsp3) is 0.435. The molecule has 2 aliphatic rings. The van der Waals surface area contributed by atoms with Crippen molar-refractivity contribution in [1.29, 1.82) is 0 Å². The summed E-state index contributed by atoms with van der Waals surface area (Å²) in [5.74, 6) is 2.23. The molecule has 2 heterocycles. The Hall–Kier alpha value is -2.89. The Bertz CT molecular complexity index is 866. The van der Waals surface area contributed by atoms with Gasteiger partial charge in [0, 0.05) is 18.2 Å². The monoisotopic (exact) mass is 396 g/mol. The molecule has 154 valence electrons. The number of amides is 1. The summed E-state index contributed by atoms with van der Waals surface area (Å²) in [6.45, 7) is 6.37. The first-order valence-corrected chi connectivity index (χ1v) is 10.4. The SMILES string of the molecule is CCC(CC)NC(=O)C1CN(Cc2cccc3c2OCCO3)c2ccccc2O1. The van der Waals surface area contributed by atoms with Crippen molar-refractivity contribution >= 4 is 11.6 Å². The fourth-order valence-electron chi connectivity index (χ4n) is 3.84. The van der Waals surface area contributed by atoms with Crippen LogP contribution in [0.4, 0.5) is 5.69 Å². The Kier molecular flexibility index (Phi) is 5.79. The molecule has 0 fully saturated rings. The molecule has 0 bridgehead atoms. The van der Waals surface area contributed by atoms with Crippen molar-refractivity contribution in [2.75, 3.05) is 24.7 Å². The lowest BCUT2D eigenvalue weighted by Gasteiger charge is -2.36. The van der Waals surface area contributed by atoms with Crippen molar-refractivity contribution in [3.8, 4) is 17.2 Å². The minimum Gasteiger partial charge on any atom is -0.486 e. The number of rotatable bonds is 6. The van der Waals surface area contributed by atoms with E-state index in [4.69, 9.17) is 14.2 Å². The van der Waals surface area contributed by atoms with Gasteiger partial charge in [-0.2, -0.15) is 0 Å². The van der Waals surface area contributed by atoms with Crippen molar-refractivity contribution in [1.82, 2.24) is 5.32 Å². The van der Waals surface area contributed by atoms with Crippen molar-refractivity contribution in [3.63, 3.8) is 0 Å². The summed E-state index contributed by atoms with van der Waals surface area (Å²) in [7, 11) is 0. The third-order valence-electron chi connectivity index (χ3n) is 5.49. The van der Waals surface area contributed by atoms with E-state index in [1.807, 2.05) is 42.5 Å². The summed E-state index contributed by atoms with van der Waals surface area (Å²) in [5, 5.41) is 3.12. The zero-order valence-electron chi connectivity index (χ0n) is 17.0. The van der Waals surface area contributed by atoms with Crippen molar-refractivity contribution in [2.45, 2.75) is 45.4 Å². The lowest BCUT2D eigenvalue weighted by molar-refractivity contribution is -0.128.